The minimum Gasteiger partial charge on any atom is -0.393 e. The molecule has 1 aromatic carbocycles. The summed E-state index contributed by atoms with van der Waals surface area (Å²) in [6.45, 7) is 6.41. The van der Waals surface area contributed by atoms with E-state index in [2.05, 4.69) is 22.1 Å². The molecule has 0 bridgehead atoms. The van der Waals surface area contributed by atoms with E-state index in [9.17, 15) is 9.50 Å². The minimum atomic E-state index is -0.214. The summed E-state index contributed by atoms with van der Waals surface area (Å²) in [6, 6.07) is 5.03. The first-order valence-electron chi connectivity index (χ1n) is 8.39. The molecule has 1 saturated heterocycles. The maximum Gasteiger partial charge on any atom is 0.123 e. The number of aryl methyl sites for hydroxylation is 1. The van der Waals surface area contributed by atoms with Crippen molar-refractivity contribution in [2.75, 3.05) is 18.0 Å². The molecule has 2 heterocycles. The van der Waals surface area contributed by atoms with E-state index in [0.717, 1.165) is 49.4 Å². The van der Waals surface area contributed by atoms with E-state index in [1.165, 1.54) is 10.9 Å². The smallest absolute Gasteiger partial charge is 0.123 e. The first-order valence-corrected chi connectivity index (χ1v) is 9.27. The van der Waals surface area contributed by atoms with E-state index in [4.69, 9.17) is 0 Å². The zero-order chi connectivity index (χ0) is 17.1. The van der Waals surface area contributed by atoms with Crippen LogP contribution in [0.25, 0.3) is 0 Å². The summed E-state index contributed by atoms with van der Waals surface area (Å²) in [5.74, 6) is -0.214. The van der Waals surface area contributed by atoms with Crippen LogP contribution in [-0.2, 0) is 6.54 Å². The number of benzene rings is 1. The van der Waals surface area contributed by atoms with Gasteiger partial charge in [-0.1, -0.05) is 0 Å². The molecule has 0 radical (unpaired) electrons. The SMILES string of the molecule is Cc1ncsc1CNC(C)c1cc(F)ccc1N1CCC(O)CC1. The van der Waals surface area contributed by atoms with Gasteiger partial charge in [-0.15, -0.1) is 11.3 Å². The number of anilines is 1. The molecule has 4 nitrogen and oxygen atoms in total. The summed E-state index contributed by atoms with van der Waals surface area (Å²) >= 11 is 1.64. The molecular weight excluding hydrogens is 325 g/mol. The quantitative estimate of drug-likeness (QED) is 0.869. The molecule has 1 atom stereocenters. The van der Waals surface area contributed by atoms with Crippen molar-refractivity contribution in [1.29, 1.82) is 0 Å². The van der Waals surface area contributed by atoms with Crippen LogP contribution in [-0.4, -0.2) is 29.3 Å². The maximum atomic E-state index is 13.8. The highest BCUT2D eigenvalue weighted by Crippen LogP contribution is 2.30. The number of hydrogen-bond donors (Lipinski definition) is 2. The van der Waals surface area contributed by atoms with Crippen molar-refractivity contribution in [3.05, 3.63) is 45.7 Å². The second-order valence-corrected chi connectivity index (χ2v) is 7.32. The van der Waals surface area contributed by atoms with Crippen LogP contribution in [0.2, 0.25) is 0 Å². The number of hydrogen-bond acceptors (Lipinski definition) is 5. The third-order valence-electron chi connectivity index (χ3n) is 4.67. The number of nitrogens with zero attached hydrogens (tertiary/aromatic N) is 2. The van der Waals surface area contributed by atoms with Gasteiger partial charge in [0.05, 0.1) is 17.3 Å². The molecule has 0 spiro atoms. The number of aromatic nitrogens is 1. The van der Waals surface area contributed by atoms with Gasteiger partial charge in [-0.25, -0.2) is 9.37 Å². The predicted molar refractivity (Wildman–Crippen MR) is 96.0 cm³/mol. The number of thiazole rings is 1. The number of piperidine rings is 1. The van der Waals surface area contributed by atoms with Crippen LogP contribution < -0.4 is 10.2 Å². The van der Waals surface area contributed by atoms with E-state index in [1.807, 2.05) is 18.5 Å². The lowest BCUT2D eigenvalue weighted by Gasteiger charge is -2.34. The average molecular weight is 349 g/mol. The van der Waals surface area contributed by atoms with Gasteiger partial charge >= 0.3 is 0 Å². The molecule has 6 heteroatoms. The normalized spacial score (nSPS) is 17.2. The molecule has 0 amide bonds. The van der Waals surface area contributed by atoms with Crippen molar-refractivity contribution in [3.63, 3.8) is 0 Å². The molecule has 1 aliphatic heterocycles. The van der Waals surface area contributed by atoms with Gasteiger partial charge in [0.25, 0.3) is 0 Å². The monoisotopic (exact) mass is 349 g/mol. The fourth-order valence-electron chi connectivity index (χ4n) is 3.12. The number of nitrogens with one attached hydrogen (secondary N) is 1. The van der Waals surface area contributed by atoms with Crippen LogP contribution in [0.3, 0.4) is 0 Å². The van der Waals surface area contributed by atoms with Crippen LogP contribution in [0.1, 0.15) is 41.9 Å². The van der Waals surface area contributed by atoms with E-state index in [1.54, 1.807) is 17.4 Å². The Balaban J connectivity index is 1.75. The lowest BCUT2D eigenvalue weighted by Crippen LogP contribution is -2.37. The van der Waals surface area contributed by atoms with Gasteiger partial charge in [0.2, 0.25) is 0 Å². The van der Waals surface area contributed by atoms with Crippen molar-refractivity contribution in [2.24, 2.45) is 0 Å². The Labute approximate surface area is 146 Å². The minimum absolute atomic E-state index is 0.0315. The van der Waals surface area contributed by atoms with Crippen LogP contribution in [0.15, 0.2) is 23.7 Å². The average Bonchev–Trinajstić information content (AvgIpc) is 2.98. The van der Waals surface area contributed by atoms with E-state index >= 15 is 0 Å². The van der Waals surface area contributed by atoms with E-state index < -0.39 is 0 Å². The highest BCUT2D eigenvalue weighted by molar-refractivity contribution is 7.09. The second-order valence-electron chi connectivity index (χ2n) is 6.38. The highest BCUT2D eigenvalue weighted by atomic mass is 32.1. The third-order valence-corrected chi connectivity index (χ3v) is 5.61. The van der Waals surface area contributed by atoms with Crippen LogP contribution in [0.5, 0.6) is 0 Å². The van der Waals surface area contributed by atoms with E-state index in [0.29, 0.717) is 0 Å². The van der Waals surface area contributed by atoms with Crippen molar-refractivity contribution in [1.82, 2.24) is 10.3 Å². The fourth-order valence-corrected chi connectivity index (χ4v) is 3.85. The molecule has 1 unspecified atom stereocenters. The Morgan fingerprint density at radius 3 is 2.83 bits per heavy atom. The first kappa shape index (κ1) is 17.3. The summed E-state index contributed by atoms with van der Waals surface area (Å²) in [7, 11) is 0. The van der Waals surface area contributed by atoms with Gasteiger partial charge < -0.3 is 15.3 Å². The summed E-state index contributed by atoms with van der Waals surface area (Å²) < 4.78 is 13.8. The van der Waals surface area contributed by atoms with Gasteiger partial charge in [0, 0.05) is 36.2 Å². The maximum absolute atomic E-state index is 13.8. The van der Waals surface area contributed by atoms with Crippen molar-refractivity contribution < 1.29 is 9.50 Å². The highest BCUT2D eigenvalue weighted by Gasteiger charge is 2.21. The van der Waals surface area contributed by atoms with Gasteiger partial charge in [-0.2, -0.15) is 0 Å². The molecule has 1 aliphatic rings. The topological polar surface area (TPSA) is 48.4 Å². The van der Waals surface area contributed by atoms with Gasteiger partial charge in [-0.05, 0) is 50.5 Å². The molecule has 1 fully saturated rings. The summed E-state index contributed by atoms with van der Waals surface area (Å²) in [5, 5.41) is 13.2. The molecule has 1 aromatic heterocycles. The van der Waals surface area contributed by atoms with Crippen molar-refractivity contribution in [2.45, 2.75) is 45.4 Å². The molecule has 2 aromatic rings. The molecule has 130 valence electrons. The summed E-state index contributed by atoms with van der Waals surface area (Å²) in [5.41, 5.74) is 4.92. The zero-order valence-corrected chi connectivity index (χ0v) is 14.9. The molecule has 0 saturated carbocycles. The van der Waals surface area contributed by atoms with E-state index in [-0.39, 0.29) is 18.0 Å². The Hall–Kier alpha value is -1.50. The van der Waals surface area contributed by atoms with Crippen molar-refractivity contribution in [3.8, 4) is 0 Å². The number of halogens is 1. The Bertz CT molecular complexity index is 683. The molecule has 2 N–H and O–H groups in total. The van der Waals surface area contributed by atoms with Crippen LogP contribution in [0, 0.1) is 12.7 Å². The lowest BCUT2D eigenvalue weighted by molar-refractivity contribution is 0.145. The van der Waals surface area contributed by atoms with Gasteiger partial charge in [-0.3, -0.25) is 0 Å². The molecule has 24 heavy (non-hydrogen) atoms. The van der Waals surface area contributed by atoms with Gasteiger partial charge in [0.1, 0.15) is 5.82 Å². The summed E-state index contributed by atoms with van der Waals surface area (Å²) in [6.07, 6.45) is 1.31. The second kappa shape index (κ2) is 7.59. The Morgan fingerprint density at radius 1 is 1.42 bits per heavy atom. The number of aliphatic hydroxyl groups is 1. The lowest BCUT2D eigenvalue weighted by atomic mass is 10.0. The molecular formula is C18H24FN3OS. The zero-order valence-electron chi connectivity index (χ0n) is 14.1. The first-order chi connectivity index (χ1) is 11.5. The van der Waals surface area contributed by atoms with Crippen LogP contribution >= 0.6 is 11.3 Å². The number of aliphatic hydroxyl groups excluding tert-OH is 1. The van der Waals surface area contributed by atoms with Crippen LogP contribution in [0.4, 0.5) is 10.1 Å². The number of rotatable bonds is 5. The summed E-state index contributed by atoms with van der Waals surface area (Å²) in [4.78, 5) is 7.72. The predicted octanol–water partition coefficient (Wildman–Crippen LogP) is 3.40. The van der Waals surface area contributed by atoms with Gasteiger partial charge in [0.15, 0.2) is 0 Å². The standard InChI is InChI=1S/C18H24FN3OS/c1-12(20-10-18-13(2)21-11-24-18)16-9-14(19)3-4-17(16)22-7-5-15(23)6-8-22/h3-4,9,11-12,15,20,23H,5-8,10H2,1-2H3. The Morgan fingerprint density at radius 2 is 2.17 bits per heavy atom. The van der Waals surface area contributed by atoms with Crippen molar-refractivity contribution >= 4 is 17.0 Å². The Kier molecular flexibility index (Phi) is 5.48. The third kappa shape index (κ3) is 3.94. The largest absolute Gasteiger partial charge is 0.393 e. The molecule has 0 aliphatic carbocycles. The molecule has 3 rings (SSSR count). The fraction of sp³-hybridized carbons (Fsp3) is 0.500.